The molecule has 0 spiro atoms. The van der Waals surface area contributed by atoms with E-state index in [9.17, 15) is 9.18 Å². The van der Waals surface area contributed by atoms with Gasteiger partial charge in [-0.2, -0.15) is 5.10 Å². The predicted octanol–water partition coefficient (Wildman–Crippen LogP) is 7.39. The van der Waals surface area contributed by atoms with Crippen molar-refractivity contribution in [1.29, 1.82) is 0 Å². The van der Waals surface area contributed by atoms with Crippen LogP contribution in [0.1, 0.15) is 28.4 Å². The van der Waals surface area contributed by atoms with Gasteiger partial charge in [0.25, 0.3) is 5.91 Å². The van der Waals surface area contributed by atoms with E-state index in [1.54, 1.807) is 36.5 Å². The van der Waals surface area contributed by atoms with Crippen molar-refractivity contribution in [2.75, 3.05) is 6.61 Å². The van der Waals surface area contributed by atoms with Crippen molar-refractivity contribution in [2.24, 2.45) is 5.10 Å². The van der Waals surface area contributed by atoms with Crippen LogP contribution >= 0.6 is 22.6 Å². The molecule has 0 fully saturated rings. The number of hydrazone groups is 1. The Bertz CT molecular complexity index is 1690. The normalized spacial score (nSPS) is 11.1. The summed E-state index contributed by atoms with van der Waals surface area (Å²) in [6.45, 7) is 2.36. The fraction of sp³-hybridized carbons (Fsp3) is 0.0938. The molecule has 0 aliphatic carbocycles. The van der Waals surface area contributed by atoms with E-state index < -0.39 is 0 Å². The number of amides is 1. The Hall–Kier alpha value is -4.31. The zero-order valence-electron chi connectivity index (χ0n) is 21.6. The number of rotatable bonds is 9. The monoisotopic (exact) mass is 645 g/mol. The van der Waals surface area contributed by atoms with Crippen molar-refractivity contribution in [3.05, 3.63) is 123 Å². The summed E-state index contributed by atoms with van der Waals surface area (Å²) in [6.07, 6.45) is 1.55. The molecule has 6 nitrogen and oxygen atoms in total. The van der Waals surface area contributed by atoms with Gasteiger partial charge in [-0.05, 0) is 65.4 Å². The van der Waals surface area contributed by atoms with Crippen LogP contribution in [0.2, 0.25) is 0 Å². The van der Waals surface area contributed by atoms with Gasteiger partial charge < -0.3 is 9.47 Å². The first-order valence-corrected chi connectivity index (χ1v) is 13.7. The van der Waals surface area contributed by atoms with Gasteiger partial charge in [-0.1, -0.05) is 66.7 Å². The fourth-order valence-electron chi connectivity index (χ4n) is 4.18. The van der Waals surface area contributed by atoms with Crippen LogP contribution in [0.25, 0.3) is 22.2 Å². The predicted molar refractivity (Wildman–Crippen MR) is 163 cm³/mol. The lowest BCUT2D eigenvalue weighted by Gasteiger charge is -2.15. The van der Waals surface area contributed by atoms with Gasteiger partial charge in [-0.3, -0.25) is 4.79 Å². The van der Waals surface area contributed by atoms with E-state index in [4.69, 9.17) is 14.5 Å². The van der Waals surface area contributed by atoms with Gasteiger partial charge in [0, 0.05) is 16.5 Å². The number of carbonyl (C=O) groups excluding carboxylic acids is 1. The number of pyridine rings is 1. The standard InChI is InChI=1S/C32H25FIN3O3/c1-2-39-30-17-21(16-27(34)31(30)40-20-23-12-6-8-14-26(23)33)19-35-37-32(38)25-18-29(22-10-4-3-5-11-22)36-28-15-9-7-13-24(25)28/h3-19H,2,20H2,1H3,(H,37,38)/b35-19+. The Morgan fingerprint density at radius 2 is 1.73 bits per heavy atom. The Morgan fingerprint density at radius 1 is 0.975 bits per heavy atom. The summed E-state index contributed by atoms with van der Waals surface area (Å²) < 4.78 is 26.6. The second-order valence-corrected chi connectivity index (χ2v) is 9.94. The summed E-state index contributed by atoms with van der Waals surface area (Å²) in [5.41, 5.74) is 6.62. The van der Waals surface area contributed by atoms with Crippen LogP contribution in [0.4, 0.5) is 4.39 Å². The minimum atomic E-state index is -0.350. The van der Waals surface area contributed by atoms with E-state index in [0.29, 0.717) is 40.5 Å². The van der Waals surface area contributed by atoms with Crippen molar-refractivity contribution < 1.29 is 18.7 Å². The Labute approximate surface area is 245 Å². The number of para-hydroxylation sites is 1. The number of aromatic nitrogens is 1. The first kappa shape index (κ1) is 27.3. The lowest BCUT2D eigenvalue weighted by molar-refractivity contribution is 0.0956. The van der Waals surface area contributed by atoms with Crippen LogP contribution < -0.4 is 14.9 Å². The lowest BCUT2D eigenvalue weighted by atomic mass is 10.0. The van der Waals surface area contributed by atoms with Gasteiger partial charge in [0.1, 0.15) is 12.4 Å². The first-order valence-electron chi connectivity index (χ1n) is 12.6. The fourth-order valence-corrected chi connectivity index (χ4v) is 4.96. The van der Waals surface area contributed by atoms with Gasteiger partial charge in [-0.25, -0.2) is 14.8 Å². The highest BCUT2D eigenvalue weighted by atomic mass is 127. The molecular formula is C32H25FIN3O3. The van der Waals surface area contributed by atoms with Crippen LogP contribution in [0.15, 0.2) is 102 Å². The summed E-state index contributed by atoms with van der Waals surface area (Å²) in [5.74, 6) is 0.346. The number of halogens is 2. The molecule has 0 atom stereocenters. The number of benzene rings is 4. The minimum Gasteiger partial charge on any atom is -0.490 e. The van der Waals surface area contributed by atoms with Gasteiger partial charge in [-0.15, -0.1) is 0 Å². The third kappa shape index (κ3) is 6.28. The van der Waals surface area contributed by atoms with Gasteiger partial charge in [0.15, 0.2) is 11.5 Å². The maximum atomic E-state index is 14.1. The molecule has 0 unspecified atom stereocenters. The van der Waals surface area contributed by atoms with Gasteiger partial charge in [0.05, 0.1) is 33.2 Å². The lowest BCUT2D eigenvalue weighted by Crippen LogP contribution is -2.18. The van der Waals surface area contributed by atoms with E-state index in [0.717, 1.165) is 20.0 Å². The number of carbonyl (C=O) groups is 1. The molecule has 0 saturated carbocycles. The number of hydrogen-bond acceptors (Lipinski definition) is 5. The minimum absolute atomic E-state index is 0.0666. The summed E-state index contributed by atoms with van der Waals surface area (Å²) in [7, 11) is 0. The van der Waals surface area contributed by atoms with E-state index in [1.165, 1.54) is 6.07 Å². The molecule has 5 rings (SSSR count). The Morgan fingerprint density at radius 3 is 2.52 bits per heavy atom. The average molecular weight is 645 g/mol. The molecule has 0 aliphatic rings. The third-order valence-corrected chi connectivity index (χ3v) is 6.87. The molecule has 1 aromatic heterocycles. The molecule has 8 heteroatoms. The van der Waals surface area contributed by atoms with Crippen molar-refractivity contribution in [3.8, 4) is 22.8 Å². The van der Waals surface area contributed by atoms with Crippen molar-refractivity contribution >= 4 is 45.6 Å². The largest absolute Gasteiger partial charge is 0.490 e. The summed E-state index contributed by atoms with van der Waals surface area (Å²) >= 11 is 2.14. The average Bonchev–Trinajstić information content (AvgIpc) is 2.97. The molecule has 0 aliphatic heterocycles. The van der Waals surface area contributed by atoms with Gasteiger partial charge in [0.2, 0.25) is 0 Å². The number of ether oxygens (including phenoxy) is 2. The highest BCUT2D eigenvalue weighted by molar-refractivity contribution is 14.1. The van der Waals surface area contributed by atoms with Crippen molar-refractivity contribution in [2.45, 2.75) is 13.5 Å². The maximum absolute atomic E-state index is 14.1. The Kier molecular flexibility index (Phi) is 8.65. The highest BCUT2D eigenvalue weighted by Gasteiger charge is 2.15. The zero-order chi connectivity index (χ0) is 27.9. The smallest absolute Gasteiger partial charge is 0.272 e. The van der Waals surface area contributed by atoms with Crippen LogP contribution in [0.5, 0.6) is 11.5 Å². The molecule has 4 aromatic carbocycles. The third-order valence-electron chi connectivity index (χ3n) is 6.07. The molecular weight excluding hydrogens is 620 g/mol. The molecule has 0 bridgehead atoms. The maximum Gasteiger partial charge on any atom is 0.272 e. The second kappa shape index (κ2) is 12.7. The molecule has 0 radical (unpaired) electrons. The van der Waals surface area contributed by atoms with Crippen LogP contribution in [0, 0.1) is 9.39 Å². The summed E-state index contributed by atoms with van der Waals surface area (Å²) in [4.78, 5) is 18.0. The summed E-state index contributed by atoms with van der Waals surface area (Å²) in [6, 6.07) is 29.1. The van der Waals surface area contributed by atoms with Crippen molar-refractivity contribution in [3.63, 3.8) is 0 Å². The molecule has 1 heterocycles. The SMILES string of the molecule is CCOc1cc(/C=N/NC(=O)c2cc(-c3ccccc3)nc3ccccc23)cc(I)c1OCc1ccccc1F. The topological polar surface area (TPSA) is 72.8 Å². The molecule has 200 valence electrons. The molecule has 1 N–H and O–H groups in total. The van der Waals surface area contributed by atoms with Crippen LogP contribution in [-0.4, -0.2) is 23.7 Å². The van der Waals surface area contributed by atoms with E-state index in [2.05, 4.69) is 33.1 Å². The van der Waals surface area contributed by atoms with E-state index in [1.807, 2.05) is 67.6 Å². The quantitative estimate of drug-likeness (QED) is 0.103. The zero-order valence-corrected chi connectivity index (χ0v) is 23.8. The summed E-state index contributed by atoms with van der Waals surface area (Å²) in [5, 5.41) is 4.95. The van der Waals surface area contributed by atoms with E-state index >= 15 is 0 Å². The molecule has 5 aromatic rings. The molecule has 1 amide bonds. The van der Waals surface area contributed by atoms with E-state index in [-0.39, 0.29) is 18.3 Å². The molecule has 40 heavy (non-hydrogen) atoms. The number of nitrogens with zero attached hydrogens (tertiary/aromatic N) is 2. The highest BCUT2D eigenvalue weighted by Crippen LogP contribution is 2.34. The first-order chi connectivity index (χ1) is 19.5. The van der Waals surface area contributed by atoms with Crippen LogP contribution in [0.3, 0.4) is 0 Å². The van der Waals surface area contributed by atoms with Crippen molar-refractivity contribution in [1.82, 2.24) is 10.4 Å². The van der Waals surface area contributed by atoms with Crippen LogP contribution in [-0.2, 0) is 6.61 Å². The number of fused-ring (bicyclic) bond motifs is 1. The molecule has 0 saturated heterocycles. The Balaban J connectivity index is 1.37. The number of hydrogen-bond donors (Lipinski definition) is 1. The number of nitrogens with one attached hydrogen (secondary N) is 1. The van der Waals surface area contributed by atoms with Gasteiger partial charge >= 0.3 is 0 Å². The second-order valence-electron chi connectivity index (χ2n) is 8.78.